The monoisotopic (exact) mass is 115 g/mol. The summed E-state index contributed by atoms with van der Waals surface area (Å²) in [5.74, 6) is 0. The molecule has 0 aromatic heterocycles. The summed E-state index contributed by atoms with van der Waals surface area (Å²) in [7, 11) is 0. The number of rotatable bonds is 0. The van der Waals surface area contributed by atoms with Crippen LogP contribution in [-0.4, -0.2) is 0 Å². The van der Waals surface area contributed by atoms with Crippen molar-refractivity contribution in [1.29, 1.82) is 0 Å². The molecular weight excluding hydrogens is 103 g/mol. The van der Waals surface area contributed by atoms with Crippen molar-refractivity contribution in [3.8, 4) is 0 Å². The molecule has 0 aromatic carbocycles. The van der Waals surface area contributed by atoms with Gasteiger partial charge in [0.1, 0.15) is 0 Å². The molecule has 1 rings (SSSR count). The zero-order valence-corrected chi connectivity index (χ0v) is 6.78. The molecule has 0 atom stereocenters. The number of allylic oxidation sites excluding steroid dienone is 4. The van der Waals surface area contributed by atoms with Gasteiger partial charge in [-0.05, 0) is 27.2 Å². The zero-order valence-electron chi connectivity index (χ0n) is 6.78. The van der Waals surface area contributed by atoms with Crippen LogP contribution >= 0.6 is 0 Å². The maximum Gasteiger partial charge on any atom is 1.00 e. The van der Waals surface area contributed by atoms with Crippen LogP contribution in [0.15, 0.2) is 22.8 Å². The molecule has 0 aliphatic heterocycles. The van der Waals surface area contributed by atoms with Crippen molar-refractivity contribution in [2.45, 2.75) is 27.2 Å². The van der Waals surface area contributed by atoms with E-state index in [2.05, 4.69) is 26.8 Å². The van der Waals surface area contributed by atoms with Gasteiger partial charge in [0.25, 0.3) is 0 Å². The molecule has 0 amide bonds. The van der Waals surface area contributed by atoms with Crippen LogP contribution in [0.1, 0.15) is 27.2 Å². The van der Waals surface area contributed by atoms with Crippen LogP contribution in [0.3, 0.4) is 0 Å². The Morgan fingerprint density at radius 2 is 1.78 bits per heavy atom. The number of hydrogen-bond acceptors (Lipinski definition) is 0. The summed E-state index contributed by atoms with van der Waals surface area (Å²) in [5.41, 5.74) is 4.49. The average Bonchev–Trinajstić information content (AvgIpc) is 1.85. The van der Waals surface area contributed by atoms with E-state index in [0.29, 0.717) is 0 Å². The second-order valence-electron chi connectivity index (χ2n) is 2.63. The molecule has 44 valence electrons. The van der Waals surface area contributed by atoms with E-state index in [9.17, 15) is 0 Å². The molecule has 0 saturated heterocycles. The van der Waals surface area contributed by atoms with Crippen LogP contribution in [0, 0.1) is 0 Å². The minimum atomic E-state index is 0. The predicted octanol–water partition coefficient (Wildman–Crippen LogP) is -0.323. The summed E-state index contributed by atoms with van der Waals surface area (Å²) in [4.78, 5) is 0. The Morgan fingerprint density at radius 1 is 1.22 bits per heavy atom. The second kappa shape index (κ2) is 3.30. The molecule has 0 nitrogen and oxygen atoms in total. The maximum atomic E-state index is 2.26. The van der Waals surface area contributed by atoms with Crippen molar-refractivity contribution in [2.24, 2.45) is 0 Å². The molecule has 0 unspecified atom stereocenters. The Morgan fingerprint density at radius 3 is 1.89 bits per heavy atom. The van der Waals surface area contributed by atoms with Crippen LogP contribution in [-0.2, 0) is 0 Å². The van der Waals surface area contributed by atoms with Gasteiger partial charge in [0, 0.05) is 0 Å². The summed E-state index contributed by atoms with van der Waals surface area (Å²) in [5, 5.41) is 0. The van der Waals surface area contributed by atoms with Gasteiger partial charge < -0.3 is 0 Å². The molecule has 1 aliphatic rings. The first-order valence-electron chi connectivity index (χ1n) is 3.03. The molecule has 9 heavy (non-hydrogen) atoms. The third-order valence-corrected chi connectivity index (χ3v) is 1.68. The van der Waals surface area contributed by atoms with E-state index in [0.717, 1.165) is 0 Å². The summed E-state index contributed by atoms with van der Waals surface area (Å²) in [6.45, 7) is 6.55. The van der Waals surface area contributed by atoms with Gasteiger partial charge in [0.2, 0.25) is 0 Å². The number of hydrogen-bond donors (Lipinski definition) is 0. The first-order chi connectivity index (χ1) is 3.70. The van der Waals surface area contributed by atoms with Crippen LogP contribution in [0.2, 0.25) is 0 Å². The van der Waals surface area contributed by atoms with Crippen molar-refractivity contribution in [3.05, 3.63) is 22.8 Å². The zero-order chi connectivity index (χ0) is 6.15. The van der Waals surface area contributed by atoms with Gasteiger partial charge in [-0.25, -0.2) is 0 Å². The topological polar surface area (TPSA) is 0 Å². The van der Waals surface area contributed by atoms with Crippen molar-refractivity contribution < 1.29 is 18.9 Å². The average molecular weight is 115 g/mol. The van der Waals surface area contributed by atoms with Crippen molar-refractivity contribution in [3.63, 3.8) is 0 Å². The van der Waals surface area contributed by atoms with Crippen molar-refractivity contribution in [1.82, 2.24) is 0 Å². The normalized spacial score (nSPS) is 17.4. The van der Waals surface area contributed by atoms with Gasteiger partial charge in [-0.15, -0.1) is 0 Å². The minimum absolute atomic E-state index is 0. The molecule has 0 radical (unpaired) electrons. The molecular formula is C8H12Li+. The molecule has 1 aliphatic carbocycles. The molecule has 0 saturated carbocycles. The minimum Gasteiger partial charge on any atom is -0.0690 e. The molecule has 1 heteroatoms. The summed E-state index contributed by atoms with van der Waals surface area (Å²) in [6, 6.07) is 0. The first kappa shape index (κ1) is 9.08. The van der Waals surface area contributed by atoms with E-state index in [4.69, 9.17) is 0 Å². The van der Waals surface area contributed by atoms with Crippen LogP contribution in [0.5, 0.6) is 0 Å². The Balaban J connectivity index is 0.000000640. The molecule has 0 aromatic rings. The Hall–Kier alpha value is 0.0774. The van der Waals surface area contributed by atoms with Crippen molar-refractivity contribution in [2.75, 3.05) is 0 Å². The van der Waals surface area contributed by atoms with E-state index >= 15 is 0 Å². The van der Waals surface area contributed by atoms with Gasteiger partial charge in [-0.2, -0.15) is 0 Å². The third kappa shape index (κ3) is 2.05. The Bertz CT molecular complexity index is 163. The van der Waals surface area contributed by atoms with E-state index < -0.39 is 0 Å². The van der Waals surface area contributed by atoms with Gasteiger partial charge in [0.15, 0.2) is 0 Å². The quantitative estimate of drug-likeness (QED) is 0.379. The van der Waals surface area contributed by atoms with Crippen molar-refractivity contribution >= 4 is 0 Å². The standard InChI is InChI=1S/C8H12.Li/c1-6-4-7(2)8(3)5-6;/h4H,5H2,1-3H3;/q;+1. The van der Waals surface area contributed by atoms with E-state index in [1.807, 2.05) is 0 Å². The molecule has 0 spiro atoms. The predicted molar refractivity (Wildman–Crippen MR) is 36.7 cm³/mol. The maximum absolute atomic E-state index is 2.26. The summed E-state index contributed by atoms with van der Waals surface area (Å²) >= 11 is 0. The third-order valence-electron chi connectivity index (χ3n) is 1.68. The molecule has 0 heterocycles. The fraction of sp³-hybridized carbons (Fsp3) is 0.500. The van der Waals surface area contributed by atoms with E-state index in [1.54, 1.807) is 0 Å². The van der Waals surface area contributed by atoms with Gasteiger partial charge in [-0.3, -0.25) is 0 Å². The Kier molecular flexibility index (Phi) is 3.33. The molecule has 0 bridgehead atoms. The fourth-order valence-corrected chi connectivity index (χ4v) is 1.10. The van der Waals surface area contributed by atoms with Crippen LogP contribution in [0.4, 0.5) is 0 Å². The van der Waals surface area contributed by atoms with Gasteiger partial charge in [0.05, 0.1) is 0 Å². The smallest absolute Gasteiger partial charge is 0.0690 e. The molecule has 0 fully saturated rings. The first-order valence-corrected chi connectivity index (χ1v) is 3.03. The van der Waals surface area contributed by atoms with E-state index in [1.165, 1.54) is 23.1 Å². The summed E-state index contributed by atoms with van der Waals surface area (Å²) in [6.07, 6.45) is 3.46. The van der Waals surface area contributed by atoms with Crippen LogP contribution < -0.4 is 18.9 Å². The second-order valence-corrected chi connectivity index (χ2v) is 2.63. The van der Waals surface area contributed by atoms with E-state index in [-0.39, 0.29) is 18.9 Å². The fourth-order valence-electron chi connectivity index (χ4n) is 1.10. The van der Waals surface area contributed by atoms with Gasteiger partial charge >= 0.3 is 18.9 Å². The van der Waals surface area contributed by atoms with Crippen LogP contribution in [0.25, 0.3) is 0 Å². The largest absolute Gasteiger partial charge is 1.00 e. The SMILES string of the molecule is CC1=CC(C)=C(C)C1.[Li+]. The van der Waals surface area contributed by atoms with Gasteiger partial charge in [-0.1, -0.05) is 22.8 Å². The Labute approximate surface area is 69.2 Å². The molecule has 0 N–H and O–H groups in total. The summed E-state index contributed by atoms with van der Waals surface area (Å²) < 4.78 is 0.